The summed E-state index contributed by atoms with van der Waals surface area (Å²) in [6.45, 7) is 3.47. The molecule has 0 saturated carbocycles. The molecule has 0 radical (unpaired) electrons. The molecule has 1 aliphatic rings. The van der Waals surface area contributed by atoms with E-state index < -0.39 is 5.95 Å². The number of fused-ring (bicyclic) bond motifs is 1. The Kier molecular flexibility index (Phi) is 5.26. The fraction of sp³-hybridized carbons (Fsp3) is 0.250. The maximum absolute atomic E-state index is 13.9. The number of pyridine rings is 1. The Morgan fingerprint density at radius 1 is 1.12 bits per heavy atom. The summed E-state index contributed by atoms with van der Waals surface area (Å²) in [5, 5.41) is 0. The molecule has 0 saturated heterocycles. The Bertz CT molecular complexity index is 1240. The quantitative estimate of drug-likeness (QED) is 0.445. The van der Waals surface area contributed by atoms with Gasteiger partial charge in [0.2, 0.25) is 5.95 Å². The zero-order chi connectivity index (χ0) is 22.1. The predicted octanol–water partition coefficient (Wildman–Crippen LogP) is 4.05. The lowest BCUT2D eigenvalue weighted by Gasteiger charge is -2.35. The molecule has 162 valence electrons. The minimum Gasteiger partial charge on any atom is -0.496 e. The second-order valence-electron chi connectivity index (χ2n) is 7.82. The number of methoxy groups -OCH3 is 1. The predicted molar refractivity (Wildman–Crippen MR) is 119 cm³/mol. The fourth-order valence-corrected chi connectivity index (χ4v) is 4.08. The van der Waals surface area contributed by atoms with Crippen LogP contribution in [0.4, 0.5) is 10.2 Å². The van der Waals surface area contributed by atoms with Crippen LogP contribution in [0.5, 0.6) is 5.75 Å². The molecular formula is C24H23FN6O. The average Bonchev–Trinajstić information content (AvgIpc) is 3.28. The Morgan fingerprint density at radius 3 is 2.78 bits per heavy atom. The topological polar surface area (TPSA) is 69.0 Å². The molecule has 0 bridgehead atoms. The molecule has 8 heteroatoms. The van der Waals surface area contributed by atoms with Crippen LogP contribution >= 0.6 is 0 Å². The van der Waals surface area contributed by atoms with Crippen molar-refractivity contribution in [1.29, 1.82) is 0 Å². The normalized spacial score (nSPS) is 15.5. The molecule has 7 nitrogen and oxygen atoms in total. The maximum atomic E-state index is 13.9. The molecule has 5 rings (SSSR count). The molecule has 1 aromatic carbocycles. The first kappa shape index (κ1) is 20.1. The van der Waals surface area contributed by atoms with E-state index in [1.807, 2.05) is 40.1 Å². The smallest absolute Gasteiger partial charge is 0.218 e. The number of halogens is 1. The van der Waals surface area contributed by atoms with E-state index in [2.05, 4.69) is 34.0 Å². The zero-order valence-corrected chi connectivity index (χ0v) is 17.9. The third kappa shape index (κ3) is 3.91. The number of hydrogen-bond acceptors (Lipinski definition) is 6. The third-order valence-corrected chi connectivity index (χ3v) is 5.76. The zero-order valence-electron chi connectivity index (χ0n) is 17.9. The lowest BCUT2D eigenvalue weighted by molar-refractivity contribution is 0.408. The van der Waals surface area contributed by atoms with Gasteiger partial charge in [0.1, 0.15) is 17.3 Å². The van der Waals surface area contributed by atoms with E-state index in [1.54, 1.807) is 12.4 Å². The van der Waals surface area contributed by atoms with E-state index in [4.69, 9.17) is 9.72 Å². The third-order valence-electron chi connectivity index (χ3n) is 5.76. The summed E-state index contributed by atoms with van der Waals surface area (Å²) in [4.78, 5) is 20.0. The van der Waals surface area contributed by atoms with Crippen LogP contribution in [0.25, 0.3) is 11.5 Å². The van der Waals surface area contributed by atoms with Crippen LogP contribution in [0.2, 0.25) is 0 Å². The molecule has 1 aliphatic heterocycles. The number of ether oxygens (including phenoxy) is 1. The highest BCUT2D eigenvalue weighted by molar-refractivity contribution is 5.52. The van der Waals surface area contributed by atoms with Crippen LogP contribution in [0.1, 0.15) is 29.8 Å². The Hall–Kier alpha value is -3.81. The number of rotatable bonds is 5. The highest BCUT2D eigenvalue weighted by Gasteiger charge is 2.27. The minimum atomic E-state index is -0.560. The largest absolute Gasteiger partial charge is 0.496 e. The van der Waals surface area contributed by atoms with Gasteiger partial charge in [0.05, 0.1) is 25.2 Å². The van der Waals surface area contributed by atoms with Crippen molar-refractivity contribution in [2.45, 2.75) is 25.9 Å². The maximum Gasteiger partial charge on any atom is 0.218 e. The Balaban J connectivity index is 1.38. The Morgan fingerprint density at radius 2 is 1.97 bits per heavy atom. The van der Waals surface area contributed by atoms with Gasteiger partial charge in [-0.25, -0.2) is 19.9 Å². The fourth-order valence-electron chi connectivity index (χ4n) is 4.08. The summed E-state index contributed by atoms with van der Waals surface area (Å²) in [6.07, 6.45) is 6.33. The second-order valence-corrected chi connectivity index (χ2v) is 7.82. The first-order valence-electron chi connectivity index (χ1n) is 10.5. The van der Waals surface area contributed by atoms with Crippen molar-refractivity contribution in [1.82, 2.24) is 24.5 Å². The van der Waals surface area contributed by atoms with Gasteiger partial charge >= 0.3 is 0 Å². The highest BCUT2D eigenvalue weighted by atomic mass is 19.1. The van der Waals surface area contributed by atoms with Gasteiger partial charge in [0, 0.05) is 49.6 Å². The number of imidazole rings is 1. The molecule has 0 spiro atoms. The van der Waals surface area contributed by atoms with Crippen molar-refractivity contribution in [2.24, 2.45) is 0 Å². The standard InChI is InChI=1S/C24H23FN6O/c1-16-19-12-26-24(21-14-30(15-27-21)13-17-6-4-3-5-7-17)28-20(19)8-9-31(16)23-11-18(32-2)10-22(25)29-23/h3-7,10-12,14-16H,8-9,13H2,1-2H3. The minimum absolute atomic E-state index is 0.0394. The highest BCUT2D eigenvalue weighted by Crippen LogP contribution is 2.33. The molecular weight excluding hydrogens is 407 g/mol. The van der Waals surface area contributed by atoms with Crippen LogP contribution < -0.4 is 9.64 Å². The van der Waals surface area contributed by atoms with Crippen molar-refractivity contribution >= 4 is 5.82 Å². The molecule has 3 aromatic heterocycles. The first-order valence-corrected chi connectivity index (χ1v) is 10.5. The molecule has 0 amide bonds. The van der Waals surface area contributed by atoms with Crippen molar-refractivity contribution in [2.75, 3.05) is 18.6 Å². The van der Waals surface area contributed by atoms with Crippen LogP contribution in [-0.4, -0.2) is 38.2 Å². The molecule has 4 heterocycles. The lowest BCUT2D eigenvalue weighted by Crippen LogP contribution is -2.35. The van der Waals surface area contributed by atoms with E-state index in [0.29, 0.717) is 30.4 Å². The number of nitrogens with zero attached hydrogens (tertiary/aromatic N) is 6. The molecule has 0 fully saturated rings. The van der Waals surface area contributed by atoms with Gasteiger partial charge in [-0.05, 0) is 12.5 Å². The first-order chi connectivity index (χ1) is 15.6. The van der Waals surface area contributed by atoms with Gasteiger partial charge < -0.3 is 14.2 Å². The molecule has 4 aromatic rings. The Labute approximate surface area is 185 Å². The summed E-state index contributed by atoms with van der Waals surface area (Å²) in [5.74, 6) is 1.05. The van der Waals surface area contributed by atoms with E-state index in [-0.39, 0.29) is 6.04 Å². The van der Waals surface area contributed by atoms with Crippen molar-refractivity contribution in [3.05, 3.63) is 84.0 Å². The molecule has 32 heavy (non-hydrogen) atoms. The molecule has 0 aliphatic carbocycles. The van der Waals surface area contributed by atoms with Crippen LogP contribution in [0.15, 0.2) is 61.2 Å². The van der Waals surface area contributed by atoms with Crippen molar-refractivity contribution < 1.29 is 9.13 Å². The lowest BCUT2D eigenvalue weighted by atomic mass is 9.99. The van der Waals surface area contributed by atoms with Gasteiger partial charge in [-0.1, -0.05) is 30.3 Å². The number of hydrogen-bond donors (Lipinski definition) is 0. The van der Waals surface area contributed by atoms with Crippen LogP contribution in [-0.2, 0) is 13.0 Å². The SMILES string of the molecule is COc1cc(F)nc(N2CCc3nc(-c4cn(Cc5ccccc5)cn4)ncc3C2C)c1. The summed E-state index contributed by atoms with van der Waals surface area (Å²) in [5.41, 5.74) is 3.95. The van der Waals surface area contributed by atoms with Crippen molar-refractivity contribution in [3.63, 3.8) is 0 Å². The second kappa shape index (κ2) is 8.37. The average molecular weight is 430 g/mol. The van der Waals surface area contributed by atoms with Gasteiger partial charge in [0.25, 0.3) is 0 Å². The number of anilines is 1. The van der Waals surface area contributed by atoms with Gasteiger partial charge in [-0.2, -0.15) is 4.39 Å². The number of aromatic nitrogens is 5. The molecule has 0 N–H and O–H groups in total. The summed E-state index contributed by atoms with van der Waals surface area (Å²) in [6, 6.07) is 13.2. The van der Waals surface area contributed by atoms with E-state index >= 15 is 0 Å². The van der Waals surface area contributed by atoms with Gasteiger partial charge in [-0.15, -0.1) is 0 Å². The van der Waals surface area contributed by atoms with E-state index in [9.17, 15) is 4.39 Å². The van der Waals surface area contributed by atoms with Gasteiger partial charge in [0.15, 0.2) is 5.82 Å². The van der Waals surface area contributed by atoms with E-state index in [0.717, 1.165) is 23.5 Å². The van der Waals surface area contributed by atoms with Crippen LogP contribution in [0.3, 0.4) is 0 Å². The summed E-state index contributed by atoms with van der Waals surface area (Å²) in [7, 11) is 1.52. The monoisotopic (exact) mass is 430 g/mol. The summed E-state index contributed by atoms with van der Waals surface area (Å²) < 4.78 is 21.1. The van der Waals surface area contributed by atoms with Crippen molar-refractivity contribution in [3.8, 4) is 17.3 Å². The summed E-state index contributed by atoms with van der Waals surface area (Å²) >= 11 is 0. The van der Waals surface area contributed by atoms with Gasteiger partial charge in [-0.3, -0.25) is 0 Å². The number of benzene rings is 1. The molecule has 1 unspecified atom stereocenters. The van der Waals surface area contributed by atoms with Crippen LogP contribution in [0, 0.1) is 5.95 Å². The molecule has 1 atom stereocenters. The van der Waals surface area contributed by atoms with E-state index in [1.165, 1.54) is 18.7 Å².